The normalized spacial score (nSPS) is 14.9. The third kappa shape index (κ3) is 4.74. The first-order chi connectivity index (χ1) is 9.70. The van der Waals surface area contributed by atoms with E-state index in [1.807, 2.05) is 0 Å². The van der Waals surface area contributed by atoms with E-state index in [9.17, 15) is 0 Å². The minimum Gasteiger partial charge on any atom is -0.496 e. The molecule has 2 nitrogen and oxygen atoms in total. The van der Waals surface area contributed by atoms with Gasteiger partial charge in [-0.15, -0.1) is 0 Å². The van der Waals surface area contributed by atoms with Crippen LogP contribution in [0.5, 0.6) is 5.75 Å². The quantitative estimate of drug-likeness (QED) is 0.793. The monoisotopic (exact) mass is 291 g/mol. The standard InChI is InChI=1S/C19H33NO/c1-9-20-16(12-15(4)19(5,6)7)18-14(3)10-13(2)11-17(18)21-8/h10-11,15-16,20H,9,12H2,1-8H3. The Morgan fingerprint density at radius 2 is 1.81 bits per heavy atom. The third-order valence-corrected chi connectivity index (χ3v) is 4.58. The van der Waals surface area contributed by atoms with Crippen molar-refractivity contribution in [1.82, 2.24) is 5.32 Å². The molecule has 120 valence electrons. The fourth-order valence-electron chi connectivity index (χ4n) is 2.81. The average Bonchev–Trinajstić information content (AvgIpc) is 2.36. The second-order valence-corrected chi connectivity index (χ2v) is 7.31. The fourth-order valence-corrected chi connectivity index (χ4v) is 2.81. The van der Waals surface area contributed by atoms with Gasteiger partial charge >= 0.3 is 0 Å². The summed E-state index contributed by atoms with van der Waals surface area (Å²) < 4.78 is 5.66. The van der Waals surface area contributed by atoms with Crippen LogP contribution in [-0.4, -0.2) is 13.7 Å². The van der Waals surface area contributed by atoms with Crippen molar-refractivity contribution in [3.8, 4) is 5.75 Å². The molecule has 0 saturated heterocycles. The summed E-state index contributed by atoms with van der Waals surface area (Å²) in [6.45, 7) is 16.8. The lowest BCUT2D eigenvalue weighted by Crippen LogP contribution is -2.28. The van der Waals surface area contributed by atoms with Gasteiger partial charge in [0.15, 0.2) is 0 Å². The molecule has 0 saturated carbocycles. The zero-order valence-corrected chi connectivity index (χ0v) is 15.1. The summed E-state index contributed by atoms with van der Waals surface area (Å²) >= 11 is 0. The van der Waals surface area contributed by atoms with E-state index in [1.165, 1.54) is 16.7 Å². The van der Waals surface area contributed by atoms with Crippen LogP contribution in [0.4, 0.5) is 0 Å². The Labute approximate surface area is 131 Å². The summed E-state index contributed by atoms with van der Waals surface area (Å²) in [6, 6.07) is 4.75. The number of hydrogen-bond donors (Lipinski definition) is 1. The molecule has 0 fully saturated rings. The summed E-state index contributed by atoms with van der Waals surface area (Å²) in [6.07, 6.45) is 1.12. The molecule has 1 rings (SSSR count). The largest absolute Gasteiger partial charge is 0.496 e. The lowest BCUT2D eigenvalue weighted by atomic mass is 9.77. The predicted molar refractivity (Wildman–Crippen MR) is 92.1 cm³/mol. The van der Waals surface area contributed by atoms with Crippen molar-refractivity contribution >= 4 is 0 Å². The lowest BCUT2D eigenvalue weighted by molar-refractivity contribution is 0.222. The molecule has 0 aliphatic carbocycles. The van der Waals surface area contributed by atoms with E-state index in [1.54, 1.807) is 7.11 Å². The molecular weight excluding hydrogens is 258 g/mol. The smallest absolute Gasteiger partial charge is 0.124 e. The van der Waals surface area contributed by atoms with E-state index in [0.717, 1.165) is 18.7 Å². The first-order valence-electron chi connectivity index (χ1n) is 8.09. The van der Waals surface area contributed by atoms with Crippen LogP contribution in [0.2, 0.25) is 0 Å². The van der Waals surface area contributed by atoms with Crippen molar-refractivity contribution in [2.75, 3.05) is 13.7 Å². The molecule has 2 atom stereocenters. The maximum absolute atomic E-state index is 5.66. The average molecular weight is 291 g/mol. The van der Waals surface area contributed by atoms with E-state index in [2.05, 4.69) is 65.9 Å². The van der Waals surface area contributed by atoms with Crippen LogP contribution in [0.3, 0.4) is 0 Å². The number of aryl methyl sites for hydroxylation is 2. The van der Waals surface area contributed by atoms with Crippen molar-refractivity contribution in [1.29, 1.82) is 0 Å². The number of nitrogens with one attached hydrogen (secondary N) is 1. The van der Waals surface area contributed by atoms with Crippen molar-refractivity contribution in [3.05, 3.63) is 28.8 Å². The topological polar surface area (TPSA) is 21.3 Å². The molecule has 2 heteroatoms. The molecule has 0 spiro atoms. The van der Waals surface area contributed by atoms with Crippen molar-refractivity contribution in [3.63, 3.8) is 0 Å². The summed E-state index contributed by atoms with van der Waals surface area (Å²) in [5, 5.41) is 3.66. The predicted octanol–water partition coefficient (Wildman–Crippen LogP) is 5.03. The molecule has 1 N–H and O–H groups in total. The van der Waals surface area contributed by atoms with E-state index >= 15 is 0 Å². The SMILES string of the molecule is CCNC(CC(C)C(C)(C)C)c1c(C)cc(C)cc1OC. The van der Waals surface area contributed by atoms with E-state index in [0.29, 0.717) is 17.4 Å². The van der Waals surface area contributed by atoms with Crippen molar-refractivity contribution in [2.24, 2.45) is 11.3 Å². The van der Waals surface area contributed by atoms with Gasteiger partial charge in [-0.1, -0.05) is 40.7 Å². The van der Waals surface area contributed by atoms with E-state index in [4.69, 9.17) is 4.74 Å². The minimum absolute atomic E-state index is 0.319. The highest BCUT2D eigenvalue weighted by Gasteiger charge is 2.26. The fraction of sp³-hybridized carbons (Fsp3) is 0.684. The first-order valence-corrected chi connectivity index (χ1v) is 8.09. The molecule has 0 heterocycles. The summed E-state index contributed by atoms with van der Waals surface area (Å²) in [4.78, 5) is 0. The van der Waals surface area contributed by atoms with Gasteiger partial charge in [0.1, 0.15) is 5.75 Å². The minimum atomic E-state index is 0.319. The van der Waals surface area contributed by atoms with Gasteiger partial charge in [0.2, 0.25) is 0 Å². The van der Waals surface area contributed by atoms with Crippen LogP contribution in [0.25, 0.3) is 0 Å². The van der Waals surface area contributed by atoms with Gasteiger partial charge in [-0.05, 0) is 55.3 Å². The summed E-state index contributed by atoms with van der Waals surface area (Å²) in [7, 11) is 1.77. The van der Waals surface area contributed by atoms with Crippen LogP contribution in [0.15, 0.2) is 12.1 Å². The summed E-state index contributed by atoms with van der Waals surface area (Å²) in [5.74, 6) is 1.64. The molecule has 0 aliphatic rings. The highest BCUT2D eigenvalue weighted by Crippen LogP contribution is 2.38. The van der Waals surface area contributed by atoms with Crippen LogP contribution in [0.1, 0.15) is 63.8 Å². The van der Waals surface area contributed by atoms with Crippen LogP contribution in [0, 0.1) is 25.2 Å². The van der Waals surface area contributed by atoms with Crippen LogP contribution >= 0.6 is 0 Å². The molecule has 0 aliphatic heterocycles. The Morgan fingerprint density at radius 1 is 1.19 bits per heavy atom. The molecule has 21 heavy (non-hydrogen) atoms. The second kappa shape index (κ2) is 7.31. The van der Waals surface area contributed by atoms with Gasteiger partial charge in [0.05, 0.1) is 7.11 Å². The highest BCUT2D eigenvalue weighted by molar-refractivity contribution is 5.45. The Kier molecular flexibility index (Phi) is 6.27. The van der Waals surface area contributed by atoms with Gasteiger partial charge in [0.25, 0.3) is 0 Å². The molecular formula is C19H33NO. The number of methoxy groups -OCH3 is 1. The Morgan fingerprint density at radius 3 is 2.29 bits per heavy atom. The molecule has 1 aromatic carbocycles. The maximum Gasteiger partial charge on any atom is 0.124 e. The highest BCUT2D eigenvalue weighted by atomic mass is 16.5. The number of benzene rings is 1. The van der Waals surface area contributed by atoms with Crippen LogP contribution in [-0.2, 0) is 0 Å². The van der Waals surface area contributed by atoms with Gasteiger partial charge in [-0.2, -0.15) is 0 Å². The van der Waals surface area contributed by atoms with Gasteiger partial charge in [0, 0.05) is 11.6 Å². The lowest BCUT2D eigenvalue weighted by Gasteiger charge is -2.32. The Bertz CT molecular complexity index is 459. The molecule has 1 aromatic rings. The first kappa shape index (κ1) is 18.0. The van der Waals surface area contributed by atoms with Gasteiger partial charge in [-0.3, -0.25) is 0 Å². The number of hydrogen-bond acceptors (Lipinski definition) is 2. The zero-order valence-electron chi connectivity index (χ0n) is 15.1. The molecule has 0 amide bonds. The van der Waals surface area contributed by atoms with Crippen molar-refractivity contribution in [2.45, 2.75) is 60.9 Å². The second-order valence-electron chi connectivity index (χ2n) is 7.31. The molecule has 0 radical (unpaired) electrons. The third-order valence-electron chi connectivity index (χ3n) is 4.58. The van der Waals surface area contributed by atoms with Gasteiger partial charge in [-0.25, -0.2) is 0 Å². The maximum atomic E-state index is 5.66. The number of ether oxygens (including phenoxy) is 1. The molecule has 2 unspecified atom stereocenters. The molecule has 0 aromatic heterocycles. The number of rotatable bonds is 6. The van der Waals surface area contributed by atoms with Crippen LogP contribution < -0.4 is 10.1 Å². The summed E-state index contributed by atoms with van der Waals surface area (Å²) in [5.41, 5.74) is 4.21. The zero-order chi connectivity index (χ0) is 16.2. The van der Waals surface area contributed by atoms with Gasteiger partial charge < -0.3 is 10.1 Å². The Balaban J connectivity index is 3.17. The van der Waals surface area contributed by atoms with E-state index < -0.39 is 0 Å². The van der Waals surface area contributed by atoms with Crippen molar-refractivity contribution < 1.29 is 4.74 Å². The molecule has 0 bridgehead atoms. The van der Waals surface area contributed by atoms with E-state index in [-0.39, 0.29) is 0 Å². The Hall–Kier alpha value is -1.02.